The molecule has 0 radical (unpaired) electrons. The van der Waals surface area contributed by atoms with Crippen LogP contribution in [-0.2, 0) is 4.79 Å². The number of carbonyl (C=O) groups is 1. The quantitative estimate of drug-likeness (QED) is 0.411. The number of aromatic hydroxyl groups is 1. The third kappa shape index (κ3) is 3.72. The van der Waals surface area contributed by atoms with Crippen molar-refractivity contribution in [2.45, 2.75) is 19.4 Å². The van der Waals surface area contributed by atoms with Crippen molar-refractivity contribution in [2.24, 2.45) is 5.73 Å². The first-order valence-electron chi connectivity index (χ1n) is 4.93. The topological polar surface area (TPSA) is 118 Å². The lowest BCUT2D eigenvalue weighted by Gasteiger charge is -2.07. The summed E-state index contributed by atoms with van der Waals surface area (Å²) in [5.74, 6) is -0.643. The summed E-state index contributed by atoms with van der Waals surface area (Å²) < 4.78 is 0. The van der Waals surface area contributed by atoms with E-state index in [-0.39, 0.29) is 29.6 Å². The van der Waals surface area contributed by atoms with Crippen molar-refractivity contribution < 1.29 is 14.8 Å². The zero-order valence-corrected chi connectivity index (χ0v) is 9.21. The van der Waals surface area contributed by atoms with E-state index in [1.807, 2.05) is 0 Å². The molecular formula is C10H13N3O4. The van der Waals surface area contributed by atoms with Crippen LogP contribution in [-0.4, -0.2) is 22.0 Å². The number of carbonyl (C=O) groups excluding carboxylic acids is 1. The van der Waals surface area contributed by atoms with Crippen LogP contribution < -0.4 is 11.1 Å². The van der Waals surface area contributed by atoms with Crippen LogP contribution in [0.3, 0.4) is 0 Å². The van der Waals surface area contributed by atoms with Gasteiger partial charge in [-0.15, -0.1) is 0 Å². The summed E-state index contributed by atoms with van der Waals surface area (Å²) >= 11 is 0. The van der Waals surface area contributed by atoms with E-state index in [9.17, 15) is 14.9 Å². The smallest absolute Gasteiger partial charge is 0.296 e. The molecular weight excluding hydrogens is 226 g/mol. The average Bonchev–Trinajstić information content (AvgIpc) is 2.19. The highest BCUT2D eigenvalue weighted by molar-refractivity contribution is 5.93. The first kappa shape index (κ1) is 12.9. The molecule has 0 bridgehead atoms. The number of nitro benzene ring substituents is 1. The fourth-order valence-electron chi connectivity index (χ4n) is 1.27. The minimum absolute atomic E-state index is 0.0402. The molecule has 0 fully saturated rings. The van der Waals surface area contributed by atoms with Crippen LogP contribution in [0.4, 0.5) is 11.4 Å². The molecule has 1 aromatic carbocycles. The first-order chi connectivity index (χ1) is 7.90. The standard InChI is InChI=1S/C10H13N3O4/c1-6(11)4-10(15)12-8-3-2-7(14)5-9(8)13(16)17/h2-3,5-6,14H,4,11H2,1H3,(H,12,15). The first-order valence-corrected chi connectivity index (χ1v) is 4.93. The Balaban J connectivity index is 2.91. The molecule has 0 aliphatic heterocycles. The van der Waals surface area contributed by atoms with E-state index in [0.29, 0.717) is 0 Å². The molecule has 0 saturated carbocycles. The summed E-state index contributed by atoms with van der Waals surface area (Å²) in [6.07, 6.45) is 0.0675. The molecule has 92 valence electrons. The Bertz CT molecular complexity index is 445. The SMILES string of the molecule is CC(N)CC(=O)Nc1ccc(O)cc1[N+](=O)[O-]. The summed E-state index contributed by atoms with van der Waals surface area (Å²) in [4.78, 5) is 21.4. The average molecular weight is 239 g/mol. The summed E-state index contributed by atoms with van der Waals surface area (Å²) in [6, 6.07) is 3.17. The summed E-state index contributed by atoms with van der Waals surface area (Å²) in [5.41, 5.74) is 5.12. The van der Waals surface area contributed by atoms with E-state index in [0.717, 1.165) is 6.07 Å². The number of phenols is 1. The number of hydrogen-bond donors (Lipinski definition) is 3. The molecule has 0 aromatic heterocycles. The van der Waals surface area contributed by atoms with Gasteiger partial charge in [-0.3, -0.25) is 14.9 Å². The van der Waals surface area contributed by atoms with E-state index >= 15 is 0 Å². The van der Waals surface area contributed by atoms with Crippen LogP contribution in [0, 0.1) is 10.1 Å². The molecule has 1 unspecified atom stereocenters. The molecule has 17 heavy (non-hydrogen) atoms. The predicted molar refractivity (Wildman–Crippen MR) is 61.7 cm³/mol. The Morgan fingerprint density at radius 2 is 2.29 bits per heavy atom. The van der Waals surface area contributed by atoms with Gasteiger partial charge in [0.25, 0.3) is 5.69 Å². The molecule has 0 aliphatic carbocycles. The second kappa shape index (κ2) is 5.26. The number of nitrogens with one attached hydrogen (secondary N) is 1. The van der Waals surface area contributed by atoms with Gasteiger partial charge in [0, 0.05) is 12.5 Å². The Kier molecular flexibility index (Phi) is 4.00. The zero-order chi connectivity index (χ0) is 13.0. The molecule has 1 aromatic rings. The van der Waals surface area contributed by atoms with Crippen molar-refractivity contribution in [2.75, 3.05) is 5.32 Å². The number of hydrogen-bond acceptors (Lipinski definition) is 5. The maximum absolute atomic E-state index is 11.4. The number of nitrogens with zero attached hydrogens (tertiary/aromatic N) is 1. The van der Waals surface area contributed by atoms with Crippen molar-refractivity contribution in [3.63, 3.8) is 0 Å². The molecule has 7 heteroatoms. The van der Waals surface area contributed by atoms with E-state index < -0.39 is 10.8 Å². The van der Waals surface area contributed by atoms with Gasteiger partial charge in [-0.2, -0.15) is 0 Å². The minimum atomic E-state index is -0.679. The van der Waals surface area contributed by atoms with Crippen molar-refractivity contribution in [3.05, 3.63) is 28.3 Å². The molecule has 1 amide bonds. The molecule has 7 nitrogen and oxygen atoms in total. The van der Waals surface area contributed by atoms with E-state index in [1.165, 1.54) is 12.1 Å². The Labute approximate surface area is 97.4 Å². The van der Waals surface area contributed by atoms with Gasteiger partial charge in [-0.05, 0) is 19.1 Å². The van der Waals surface area contributed by atoms with Crippen molar-refractivity contribution in [3.8, 4) is 5.75 Å². The summed E-state index contributed by atoms with van der Waals surface area (Å²) in [5, 5.41) is 22.2. The highest BCUT2D eigenvalue weighted by Gasteiger charge is 2.17. The van der Waals surface area contributed by atoms with Gasteiger partial charge < -0.3 is 16.2 Å². The number of rotatable bonds is 4. The normalized spacial score (nSPS) is 11.9. The Morgan fingerprint density at radius 3 is 2.82 bits per heavy atom. The Hall–Kier alpha value is -2.15. The number of benzene rings is 1. The molecule has 1 rings (SSSR count). The number of phenolic OH excluding ortho intramolecular Hbond substituents is 1. The van der Waals surface area contributed by atoms with Gasteiger partial charge in [0.1, 0.15) is 11.4 Å². The van der Waals surface area contributed by atoms with Crippen molar-refractivity contribution in [1.29, 1.82) is 0 Å². The van der Waals surface area contributed by atoms with Gasteiger partial charge in [-0.1, -0.05) is 0 Å². The third-order valence-electron chi connectivity index (χ3n) is 1.96. The monoisotopic (exact) mass is 239 g/mol. The third-order valence-corrected chi connectivity index (χ3v) is 1.96. The zero-order valence-electron chi connectivity index (χ0n) is 9.21. The molecule has 0 spiro atoms. The van der Waals surface area contributed by atoms with Gasteiger partial charge in [0.05, 0.1) is 11.0 Å². The van der Waals surface area contributed by atoms with Crippen LogP contribution in [0.25, 0.3) is 0 Å². The van der Waals surface area contributed by atoms with E-state index in [2.05, 4.69) is 5.32 Å². The van der Waals surface area contributed by atoms with E-state index in [4.69, 9.17) is 10.8 Å². The van der Waals surface area contributed by atoms with Gasteiger partial charge in [-0.25, -0.2) is 0 Å². The lowest BCUT2D eigenvalue weighted by molar-refractivity contribution is -0.384. The lowest BCUT2D eigenvalue weighted by Crippen LogP contribution is -2.24. The number of amides is 1. The van der Waals surface area contributed by atoms with Gasteiger partial charge in [0.15, 0.2) is 0 Å². The van der Waals surface area contributed by atoms with Gasteiger partial charge >= 0.3 is 0 Å². The second-order valence-corrected chi connectivity index (χ2v) is 3.69. The fourth-order valence-corrected chi connectivity index (χ4v) is 1.27. The number of anilines is 1. The maximum Gasteiger partial charge on any atom is 0.296 e. The number of nitrogens with two attached hydrogens (primary N) is 1. The van der Waals surface area contributed by atoms with Crippen LogP contribution in [0.5, 0.6) is 5.75 Å². The van der Waals surface area contributed by atoms with Gasteiger partial charge in [0.2, 0.25) is 5.91 Å². The minimum Gasteiger partial charge on any atom is -0.508 e. The van der Waals surface area contributed by atoms with Crippen molar-refractivity contribution in [1.82, 2.24) is 0 Å². The number of nitro groups is 1. The highest BCUT2D eigenvalue weighted by atomic mass is 16.6. The highest BCUT2D eigenvalue weighted by Crippen LogP contribution is 2.28. The predicted octanol–water partition coefficient (Wildman–Crippen LogP) is 0.976. The maximum atomic E-state index is 11.4. The molecule has 0 heterocycles. The molecule has 0 aliphatic rings. The molecule has 0 saturated heterocycles. The summed E-state index contributed by atoms with van der Waals surface area (Å²) in [7, 11) is 0. The van der Waals surface area contributed by atoms with Crippen LogP contribution >= 0.6 is 0 Å². The Morgan fingerprint density at radius 1 is 1.65 bits per heavy atom. The van der Waals surface area contributed by atoms with Crippen LogP contribution in [0.1, 0.15) is 13.3 Å². The summed E-state index contributed by atoms with van der Waals surface area (Å²) in [6.45, 7) is 1.66. The molecule has 4 N–H and O–H groups in total. The molecule has 1 atom stereocenters. The van der Waals surface area contributed by atoms with Crippen LogP contribution in [0.15, 0.2) is 18.2 Å². The largest absolute Gasteiger partial charge is 0.508 e. The lowest BCUT2D eigenvalue weighted by atomic mass is 10.2. The van der Waals surface area contributed by atoms with E-state index in [1.54, 1.807) is 6.92 Å². The fraction of sp³-hybridized carbons (Fsp3) is 0.300. The van der Waals surface area contributed by atoms with Crippen LogP contribution in [0.2, 0.25) is 0 Å². The second-order valence-electron chi connectivity index (χ2n) is 3.69. The van der Waals surface area contributed by atoms with Crippen molar-refractivity contribution >= 4 is 17.3 Å².